The average molecular weight is 330 g/mol. The fourth-order valence-corrected chi connectivity index (χ4v) is 3.50. The number of carbonyl (C=O) groups is 2. The number of methoxy groups -OCH3 is 3. The van der Waals surface area contributed by atoms with Crippen molar-refractivity contribution >= 4 is 11.9 Å². The highest BCUT2D eigenvalue weighted by molar-refractivity contribution is 5.85. The maximum absolute atomic E-state index is 12.3. The van der Waals surface area contributed by atoms with Crippen molar-refractivity contribution in [2.75, 3.05) is 21.3 Å². The SMILES string of the molecule is COC(=O)C1(OC(C)=O)C[C@@H](OC)[C@@H]1OC1(OC)CCCCC1. The summed E-state index contributed by atoms with van der Waals surface area (Å²) in [5.41, 5.74) is -1.47. The lowest BCUT2D eigenvalue weighted by molar-refractivity contribution is -0.336. The van der Waals surface area contributed by atoms with Crippen molar-refractivity contribution in [1.82, 2.24) is 0 Å². The average Bonchev–Trinajstić information content (AvgIpc) is 2.56. The standard InChI is InChI=1S/C16H26O7/c1-11(17)22-16(14(18)20-3)10-12(19-2)13(16)23-15(21-4)8-6-5-7-9-15/h12-13H,5-10H2,1-4H3/t12-,13+,16?/m1/s1. The van der Waals surface area contributed by atoms with E-state index in [4.69, 9.17) is 23.7 Å². The van der Waals surface area contributed by atoms with Gasteiger partial charge in [-0.1, -0.05) is 6.42 Å². The molecule has 7 heteroatoms. The smallest absolute Gasteiger partial charge is 0.353 e. The minimum Gasteiger partial charge on any atom is -0.466 e. The van der Waals surface area contributed by atoms with Crippen molar-refractivity contribution in [2.24, 2.45) is 0 Å². The van der Waals surface area contributed by atoms with Crippen LogP contribution < -0.4 is 0 Å². The maximum Gasteiger partial charge on any atom is 0.353 e. The summed E-state index contributed by atoms with van der Waals surface area (Å²) in [6, 6.07) is 0. The van der Waals surface area contributed by atoms with E-state index in [1.54, 1.807) is 7.11 Å². The monoisotopic (exact) mass is 330 g/mol. The molecule has 2 aliphatic rings. The van der Waals surface area contributed by atoms with E-state index in [-0.39, 0.29) is 12.5 Å². The molecule has 0 aromatic carbocycles. The van der Waals surface area contributed by atoms with E-state index >= 15 is 0 Å². The summed E-state index contributed by atoms with van der Waals surface area (Å²) < 4.78 is 27.4. The van der Waals surface area contributed by atoms with Crippen molar-refractivity contribution in [2.45, 2.75) is 69.0 Å². The first-order valence-electron chi connectivity index (χ1n) is 7.97. The topological polar surface area (TPSA) is 80.3 Å². The second-order valence-corrected chi connectivity index (χ2v) is 6.17. The van der Waals surface area contributed by atoms with Crippen molar-refractivity contribution in [3.8, 4) is 0 Å². The molecule has 132 valence electrons. The molecule has 0 amide bonds. The van der Waals surface area contributed by atoms with E-state index in [9.17, 15) is 9.59 Å². The van der Waals surface area contributed by atoms with Crippen LogP contribution in [0.1, 0.15) is 45.4 Å². The first-order chi connectivity index (χ1) is 10.9. The fourth-order valence-electron chi connectivity index (χ4n) is 3.50. The summed E-state index contributed by atoms with van der Waals surface area (Å²) in [5.74, 6) is -1.97. The predicted octanol–water partition coefficient (Wildman–Crippen LogP) is 1.57. The molecule has 0 bridgehead atoms. The first kappa shape index (κ1) is 18.2. The molecule has 2 rings (SSSR count). The predicted molar refractivity (Wildman–Crippen MR) is 79.6 cm³/mol. The molecule has 1 unspecified atom stereocenters. The van der Waals surface area contributed by atoms with Crippen LogP contribution in [0.5, 0.6) is 0 Å². The Labute approximate surface area is 136 Å². The summed E-state index contributed by atoms with van der Waals surface area (Å²) in [6.45, 7) is 1.26. The molecule has 0 radical (unpaired) electrons. The van der Waals surface area contributed by atoms with E-state index < -0.39 is 29.4 Å². The molecular formula is C16H26O7. The van der Waals surface area contributed by atoms with Gasteiger partial charge in [-0.25, -0.2) is 4.79 Å². The summed E-state index contributed by atoms with van der Waals surface area (Å²) in [5, 5.41) is 0. The number of esters is 2. The Morgan fingerprint density at radius 3 is 2.17 bits per heavy atom. The normalized spacial score (nSPS) is 32.7. The molecule has 0 aromatic heterocycles. The molecule has 0 heterocycles. The Hall–Kier alpha value is -1.18. The largest absolute Gasteiger partial charge is 0.466 e. The van der Waals surface area contributed by atoms with Gasteiger partial charge in [0, 0.05) is 40.4 Å². The van der Waals surface area contributed by atoms with E-state index in [1.807, 2.05) is 0 Å². The number of hydrogen-bond donors (Lipinski definition) is 0. The van der Waals surface area contributed by atoms with E-state index in [0.717, 1.165) is 32.1 Å². The lowest BCUT2D eigenvalue weighted by Crippen LogP contribution is -2.71. The third-order valence-electron chi connectivity index (χ3n) is 4.79. The van der Waals surface area contributed by atoms with Crippen molar-refractivity contribution in [3.63, 3.8) is 0 Å². The van der Waals surface area contributed by atoms with Gasteiger partial charge in [0.1, 0.15) is 6.10 Å². The highest BCUT2D eigenvalue weighted by Crippen LogP contribution is 2.46. The van der Waals surface area contributed by atoms with Crippen LogP contribution in [0.25, 0.3) is 0 Å². The van der Waals surface area contributed by atoms with Gasteiger partial charge in [0.25, 0.3) is 0 Å². The van der Waals surface area contributed by atoms with Crippen molar-refractivity contribution in [3.05, 3.63) is 0 Å². The summed E-state index contributed by atoms with van der Waals surface area (Å²) in [7, 11) is 4.39. The second-order valence-electron chi connectivity index (χ2n) is 6.17. The molecule has 3 atom stereocenters. The third kappa shape index (κ3) is 3.36. The highest BCUT2D eigenvalue weighted by Gasteiger charge is 2.66. The van der Waals surface area contributed by atoms with Gasteiger partial charge < -0.3 is 23.7 Å². The van der Waals surface area contributed by atoms with Crippen LogP contribution in [0.4, 0.5) is 0 Å². The summed E-state index contributed by atoms with van der Waals surface area (Å²) >= 11 is 0. The summed E-state index contributed by atoms with van der Waals surface area (Å²) in [6.07, 6.45) is 3.65. The van der Waals surface area contributed by atoms with Gasteiger partial charge in [0.05, 0.1) is 13.2 Å². The molecule has 7 nitrogen and oxygen atoms in total. The van der Waals surface area contributed by atoms with Crippen LogP contribution in [0.3, 0.4) is 0 Å². The molecule has 2 saturated carbocycles. The molecule has 0 aromatic rings. The first-order valence-corrected chi connectivity index (χ1v) is 7.97. The quantitative estimate of drug-likeness (QED) is 0.540. The van der Waals surface area contributed by atoms with Crippen LogP contribution in [0.2, 0.25) is 0 Å². The second kappa shape index (κ2) is 7.15. The zero-order valence-electron chi connectivity index (χ0n) is 14.3. The zero-order chi connectivity index (χ0) is 17.1. The number of rotatable bonds is 6. The van der Waals surface area contributed by atoms with Gasteiger partial charge in [0.2, 0.25) is 5.60 Å². The van der Waals surface area contributed by atoms with Gasteiger partial charge in [0.15, 0.2) is 5.79 Å². The molecule has 0 saturated heterocycles. The van der Waals surface area contributed by atoms with E-state index in [2.05, 4.69) is 0 Å². The molecule has 0 N–H and O–H groups in total. The van der Waals surface area contributed by atoms with Crippen LogP contribution >= 0.6 is 0 Å². The van der Waals surface area contributed by atoms with Crippen LogP contribution in [-0.4, -0.2) is 56.9 Å². The van der Waals surface area contributed by atoms with Gasteiger partial charge in [-0.05, 0) is 12.8 Å². The number of carbonyl (C=O) groups excluding carboxylic acids is 2. The molecule has 0 aliphatic heterocycles. The Bertz CT molecular complexity index is 444. The Morgan fingerprint density at radius 2 is 1.70 bits per heavy atom. The van der Waals surface area contributed by atoms with Crippen LogP contribution in [-0.2, 0) is 33.3 Å². The maximum atomic E-state index is 12.3. The summed E-state index contributed by atoms with van der Waals surface area (Å²) in [4.78, 5) is 23.8. The minimum atomic E-state index is -1.47. The van der Waals surface area contributed by atoms with Gasteiger partial charge in [-0.2, -0.15) is 0 Å². The lowest BCUT2D eigenvalue weighted by Gasteiger charge is -2.53. The fraction of sp³-hybridized carbons (Fsp3) is 0.875. The Kier molecular flexibility index (Phi) is 5.65. The third-order valence-corrected chi connectivity index (χ3v) is 4.79. The molecule has 2 fully saturated rings. The van der Waals surface area contributed by atoms with Gasteiger partial charge in [-0.3, -0.25) is 4.79 Å². The minimum absolute atomic E-state index is 0.209. The van der Waals surface area contributed by atoms with Gasteiger partial charge >= 0.3 is 11.9 Å². The van der Waals surface area contributed by atoms with Crippen molar-refractivity contribution in [1.29, 1.82) is 0 Å². The molecular weight excluding hydrogens is 304 g/mol. The molecule has 23 heavy (non-hydrogen) atoms. The molecule has 2 aliphatic carbocycles. The van der Waals surface area contributed by atoms with E-state index in [1.165, 1.54) is 21.1 Å². The van der Waals surface area contributed by atoms with Crippen LogP contribution in [0.15, 0.2) is 0 Å². The van der Waals surface area contributed by atoms with E-state index in [0.29, 0.717) is 0 Å². The number of ether oxygens (including phenoxy) is 5. The van der Waals surface area contributed by atoms with Crippen molar-refractivity contribution < 1.29 is 33.3 Å². The van der Waals surface area contributed by atoms with Crippen LogP contribution in [0, 0.1) is 0 Å². The highest BCUT2D eigenvalue weighted by atomic mass is 16.7. The van der Waals surface area contributed by atoms with Gasteiger partial charge in [-0.15, -0.1) is 0 Å². The lowest BCUT2D eigenvalue weighted by atomic mass is 9.73. The Morgan fingerprint density at radius 1 is 1.04 bits per heavy atom. The molecule has 0 spiro atoms. The zero-order valence-corrected chi connectivity index (χ0v) is 14.3. The Balaban J connectivity index is 2.25. The number of hydrogen-bond acceptors (Lipinski definition) is 7.